The minimum atomic E-state index is -0.325. The number of nitrogens with one attached hydrogen (secondary N) is 1. The number of para-hydroxylation sites is 1. The number of carbonyl (C=O) groups excluding carboxylic acids is 1. The molecule has 35 heavy (non-hydrogen) atoms. The molecule has 0 spiro atoms. The molecule has 3 aromatic rings. The highest BCUT2D eigenvalue weighted by molar-refractivity contribution is 6.36. The molecule has 0 saturated carbocycles. The molecule has 184 valence electrons. The Hall–Kier alpha value is -2.61. The molecule has 0 aliphatic carbocycles. The van der Waals surface area contributed by atoms with E-state index in [-0.39, 0.29) is 23.5 Å². The Labute approximate surface area is 214 Å². The predicted molar refractivity (Wildman–Crippen MR) is 134 cm³/mol. The zero-order chi connectivity index (χ0) is 24.6. The van der Waals surface area contributed by atoms with Crippen molar-refractivity contribution in [1.29, 1.82) is 0 Å². The molecular weight excluding hydrogens is 487 g/mol. The van der Waals surface area contributed by atoms with Gasteiger partial charge in [-0.3, -0.25) is 9.69 Å². The molecule has 1 aromatic heterocycles. The first kappa shape index (κ1) is 24.1. The average Bonchev–Trinajstić information content (AvgIpc) is 3.27. The monoisotopic (exact) mass is 514 g/mol. The molecule has 2 aliphatic heterocycles. The number of rotatable bonds is 5. The average molecular weight is 515 g/mol. The molecule has 1 N–H and O–H groups in total. The number of fused-ring (bicyclic) bond motifs is 1. The molecule has 9 heteroatoms. The second kappa shape index (κ2) is 9.80. The van der Waals surface area contributed by atoms with Crippen LogP contribution in [0.5, 0.6) is 5.75 Å². The number of hydrogen-bond acceptors (Lipinski definition) is 6. The van der Waals surface area contributed by atoms with E-state index in [9.17, 15) is 4.79 Å². The van der Waals surface area contributed by atoms with Crippen molar-refractivity contribution >= 4 is 29.1 Å². The van der Waals surface area contributed by atoms with E-state index in [0.717, 1.165) is 43.7 Å². The van der Waals surface area contributed by atoms with E-state index in [1.165, 1.54) is 0 Å². The van der Waals surface area contributed by atoms with Gasteiger partial charge in [-0.2, -0.15) is 4.98 Å². The van der Waals surface area contributed by atoms with Gasteiger partial charge in [-0.25, -0.2) is 0 Å². The fourth-order valence-corrected chi connectivity index (χ4v) is 5.36. The van der Waals surface area contributed by atoms with Gasteiger partial charge >= 0.3 is 0 Å². The zero-order valence-electron chi connectivity index (χ0n) is 19.8. The van der Waals surface area contributed by atoms with E-state index in [1.807, 2.05) is 24.3 Å². The Kier molecular flexibility index (Phi) is 6.75. The summed E-state index contributed by atoms with van der Waals surface area (Å²) in [5.74, 6) is 1.91. The Bertz CT molecular complexity index is 1220. The summed E-state index contributed by atoms with van der Waals surface area (Å²) in [6.45, 7) is 6.23. The van der Waals surface area contributed by atoms with Gasteiger partial charge in [0, 0.05) is 28.5 Å². The van der Waals surface area contributed by atoms with Crippen LogP contribution in [0.2, 0.25) is 10.0 Å². The molecule has 1 unspecified atom stereocenters. The molecule has 3 heterocycles. The van der Waals surface area contributed by atoms with Crippen molar-refractivity contribution in [1.82, 2.24) is 20.4 Å². The first-order chi connectivity index (χ1) is 16.8. The Morgan fingerprint density at radius 2 is 1.94 bits per heavy atom. The van der Waals surface area contributed by atoms with Crippen molar-refractivity contribution in [2.75, 3.05) is 13.1 Å². The lowest BCUT2D eigenvalue weighted by Gasteiger charge is -2.39. The summed E-state index contributed by atoms with van der Waals surface area (Å²) >= 11 is 12.2. The van der Waals surface area contributed by atoms with Crippen molar-refractivity contribution in [3.63, 3.8) is 0 Å². The van der Waals surface area contributed by atoms with Crippen LogP contribution in [0.1, 0.15) is 50.6 Å². The van der Waals surface area contributed by atoms with Crippen molar-refractivity contribution in [3.05, 3.63) is 64.0 Å². The van der Waals surface area contributed by atoms with Gasteiger partial charge in [-0.1, -0.05) is 46.6 Å². The number of nitrogens with zero attached hydrogens (tertiary/aromatic N) is 3. The number of carbonyl (C=O) groups is 1. The summed E-state index contributed by atoms with van der Waals surface area (Å²) < 4.78 is 11.5. The Morgan fingerprint density at radius 1 is 1.17 bits per heavy atom. The topological polar surface area (TPSA) is 80.5 Å². The second-order valence-electron chi connectivity index (χ2n) is 9.85. The number of hydrogen-bond donors (Lipinski definition) is 1. The summed E-state index contributed by atoms with van der Waals surface area (Å²) in [5.41, 5.74) is 1.40. The molecule has 7 nitrogen and oxygen atoms in total. The van der Waals surface area contributed by atoms with Gasteiger partial charge in [-0.05, 0) is 64.0 Å². The van der Waals surface area contributed by atoms with E-state index < -0.39 is 0 Å². The maximum absolute atomic E-state index is 13.1. The van der Waals surface area contributed by atoms with Crippen LogP contribution in [-0.2, 0) is 11.3 Å². The van der Waals surface area contributed by atoms with Crippen molar-refractivity contribution in [3.8, 4) is 17.1 Å². The van der Waals surface area contributed by atoms with Gasteiger partial charge < -0.3 is 14.6 Å². The predicted octanol–water partition coefficient (Wildman–Crippen LogP) is 5.67. The summed E-state index contributed by atoms with van der Waals surface area (Å²) in [6.07, 6.45) is 2.31. The SMILES string of the molecule is CC1(C)CC(NC(=O)C2CCN(Cc3nc(-c4ccc(Cl)cc4Cl)no3)CC2)c2ccccc2O1. The summed E-state index contributed by atoms with van der Waals surface area (Å²) in [4.78, 5) is 19.9. The maximum Gasteiger partial charge on any atom is 0.241 e. The first-order valence-corrected chi connectivity index (χ1v) is 12.6. The van der Waals surface area contributed by atoms with Crippen LogP contribution in [0.15, 0.2) is 47.0 Å². The van der Waals surface area contributed by atoms with Gasteiger partial charge in [0.15, 0.2) is 0 Å². The molecule has 1 saturated heterocycles. The van der Waals surface area contributed by atoms with Gasteiger partial charge in [0.25, 0.3) is 0 Å². The highest BCUT2D eigenvalue weighted by atomic mass is 35.5. The number of amides is 1. The largest absolute Gasteiger partial charge is 0.487 e. The highest BCUT2D eigenvalue weighted by Gasteiger charge is 2.36. The molecular formula is C26H28Cl2N4O3. The number of ether oxygens (including phenoxy) is 1. The standard InChI is InChI=1S/C26H28Cl2N4O3/c1-26(2)14-21(19-5-3-4-6-22(19)34-26)29-25(33)16-9-11-32(12-10-16)15-23-30-24(31-35-23)18-8-7-17(27)13-20(18)28/h3-8,13,16,21H,9-12,14-15H2,1-2H3,(H,29,33). The fraction of sp³-hybridized carbons (Fsp3) is 0.423. The van der Waals surface area contributed by atoms with Crippen LogP contribution in [0.4, 0.5) is 0 Å². The Balaban J connectivity index is 1.16. The lowest BCUT2D eigenvalue weighted by molar-refractivity contribution is -0.127. The highest BCUT2D eigenvalue weighted by Crippen LogP contribution is 2.39. The molecule has 1 amide bonds. The minimum absolute atomic E-state index is 0.0181. The molecule has 5 rings (SSSR count). The van der Waals surface area contributed by atoms with Crippen LogP contribution in [0, 0.1) is 5.92 Å². The number of benzene rings is 2. The number of halogens is 2. The summed E-state index contributed by atoms with van der Waals surface area (Å²) in [5, 5.41) is 8.40. The van der Waals surface area contributed by atoms with Crippen LogP contribution in [0.25, 0.3) is 11.4 Å². The van der Waals surface area contributed by atoms with E-state index in [0.29, 0.717) is 33.9 Å². The van der Waals surface area contributed by atoms with E-state index in [1.54, 1.807) is 18.2 Å². The van der Waals surface area contributed by atoms with Crippen molar-refractivity contribution in [2.24, 2.45) is 5.92 Å². The minimum Gasteiger partial charge on any atom is -0.487 e. The molecule has 2 aliphatic rings. The smallest absolute Gasteiger partial charge is 0.241 e. The first-order valence-electron chi connectivity index (χ1n) is 11.9. The van der Waals surface area contributed by atoms with Crippen LogP contribution in [-0.4, -0.2) is 39.6 Å². The number of aromatic nitrogens is 2. The Morgan fingerprint density at radius 3 is 2.71 bits per heavy atom. The summed E-state index contributed by atoms with van der Waals surface area (Å²) in [6, 6.07) is 13.1. The lowest BCUT2D eigenvalue weighted by Crippen LogP contribution is -2.45. The van der Waals surface area contributed by atoms with Crippen molar-refractivity contribution in [2.45, 2.75) is 51.3 Å². The number of piperidine rings is 1. The maximum atomic E-state index is 13.1. The van der Waals surface area contributed by atoms with Gasteiger partial charge in [-0.15, -0.1) is 0 Å². The lowest BCUT2D eigenvalue weighted by atomic mass is 9.88. The van der Waals surface area contributed by atoms with Crippen molar-refractivity contribution < 1.29 is 14.1 Å². The van der Waals surface area contributed by atoms with Crippen LogP contribution < -0.4 is 10.1 Å². The summed E-state index contributed by atoms with van der Waals surface area (Å²) in [7, 11) is 0. The van der Waals surface area contributed by atoms with Gasteiger partial charge in [0.05, 0.1) is 17.6 Å². The molecule has 1 atom stereocenters. The van der Waals surface area contributed by atoms with Gasteiger partial charge in [0.2, 0.25) is 17.6 Å². The van der Waals surface area contributed by atoms with Crippen LogP contribution >= 0.6 is 23.2 Å². The van der Waals surface area contributed by atoms with Crippen LogP contribution in [0.3, 0.4) is 0 Å². The second-order valence-corrected chi connectivity index (χ2v) is 10.7. The third-order valence-corrected chi connectivity index (χ3v) is 7.20. The fourth-order valence-electron chi connectivity index (χ4n) is 4.86. The third kappa shape index (κ3) is 5.47. The zero-order valence-corrected chi connectivity index (χ0v) is 21.3. The molecule has 2 aromatic carbocycles. The molecule has 0 bridgehead atoms. The normalized spacial score (nSPS) is 20.2. The van der Waals surface area contributed by atoms with Gasteiger partial charge in [0.1, 0.15) is 11.4 Å². The van der Waals surface area contributed by atoms with E-state index in [2.05, 4.69) is 34.2 Å². The molecule has 0 radical (unpaired) electrons. The van der Waals surface area contributed by atoms with E-state index >= 15 is 0 Å². The number of likely N-dealkylation sites (tertiary alicyclic amines) is 1. The van der Waals surface area contributed by atoms with E-state index in [4.69, 9.17) is 32.5 Å². The molecule has 1 fully saturated rings. The third-order valence-electron chi connectivity index (χ3n) is 6.65. The quantitative estimate of drug-likeness (QED) is 0.472.